The fourth-order valence-electron chi connectivity index (χ4n) is 4.06. The van der Waals surface area contributed by atoms with E-state index in [9.17, 15) is 0 Å². The van der Waals surface area contributed by atoms with Gasteiger partial charge in [-0.3, -0.25) is 0 Å². The first-order chi connectivity index (χ1) is 8.45. The van der Waals surface area contributed by atoms with Gasteiger partial charge in [-0.15, -0.1) is 23.2 Å². The summed E-state index contributed by atoms with van der Waals surface area (Å²) < 4.78 is 0. The molecule has 3 rings (SSSR count). The monoisotopic (exact) mass is 324 g/mol. The standard InChI is InChI=1S/C14H16Cl4/c1-8-13(17)9-6-4-2-3-5-7-10(9)14(8,18)12(16)11(13)15/h9-10H,1-7H2/t9-,10+,13-,14+. The predicted octanol–water partition coefficient (Wildman–Crippen LogP) is 5.80. The lowest BCUT2D eigenvalue weighted by Crippen LogP contribution is -2.37. The van der Waals surface area contributed by atoms with Gasteiger partial charge in [0, 0.05) is 0 Å². The minimum absolute atomic E-state index is 0.291. The van der Waals surface area contributed by atoms with Gasteiger partial charge < -0.3 is 0 Å². The summed E-state index contributed by atoms with van der Waals surface area (Å²) in [7, 11) is 0. The van der Waals surface area contributed by atoms with E-state index in [0.29, 0.717) is 21.9 Å². The van der Waals surface area contributed by atoms with Gasteiger partial charge in [0.05, 0.1) is 10.1 Å². The Bertz CT molecular complexity index is 403. The molecule has 4 heteroatoms. The zero-order valence-electron chi connectivity index (χ0n) is 10.1. The molecule has 0 aliphatic heterocycles. The molecule has 100 valence electrons. The second-order valence-corrected chi connectivity index (χ2v) is 7.68. The first-order valence-corrected chi connectivity index (χ1v) is 8.10. The summed E-state index contributed by atoms with van der Waals surface area (Å²) in [6.07, 6.45) is 7.07. The van der Waals surface area contributed by atoms with Crippen molar-refractivity contribution in [1.29, 1.82) is 0 Å². The van der Waals surface area contributed by atoms with Crippen LogP contribution in [0.3, 0.4) is 0 Å². The average Bonchev–Trinajstić information content (AvgIpc) is 2.54. The lowest BCUT2D eigenvalue weighted by atomic mass is 9.75. The van der Waals surface area contributed by atoms with Crippen molar-refractivity contribution in [3.8, 4) is 0 Å². The molecule has 18 heavy (non-hydrogen) atoms. The van der Waals surface area contributed by atoms with Crippen molar-refractivity contribution in [3.05, 3.63) is 22.2 Å². The summed E-state index contributed by atoms with van der Waals surface area (Å²) in [4.78, 5) is -1.41. The lowest BCUT2D eigenvalue weighted by Gasteiger charge is -2.38. The molecule has 0 aromatic carbocycles. The highest BCUT2D eigenvalue weighted by atomic mass is 35.5. The van der Waals surface area contributed by atoms with Gasteiger partial charge in [-0.1, -0.05) is 55.5 Å². The van der Waals surface area contributed by atoms with E-state index in [0.717, 1.165) is 18.4 Å². The summed E-state index contributed by atoms with van der Waals surface area (Å²) in [5, 5.41) is 1.04. The first kappa shape index (κ1) is 13.6. The number of alkyl halides is 2. The third-order valence-corrected chi connectivity index (χ3v) is 7.66. The van der Waals surface area contributed by atoms with Gasteiger partial charge in [-0.2, -0.15) is 0 Å². The van der Waals surface area contributed by atoms with Crippen molar-refractivity contribution in [2.45, 2.75) is 48.3 Å². The number of hydrogen-bond donors (Lipinski definition) is 0. The lowest BCUT2D eigenvalue weighted by molar-refractivity contribution is 0.258. The highest BCUT2D eigenvalue weighted by molar-refractivity contribution is 6.53. The molecule has 2 fully saturated rings. The summed E-state index contributed by atoms with van der Waals surface area (Å²) in [5.74, 6) is 0.582. The summed E-state index contributed by atoms with van der Waals surface area (Å²) in [5.41, 5.74) is 0.810. The number of hydrogen-bond acceptors (Lipinski definition) is 0. The molecule has 0 N–H and O–H groups in total. The van der Waals surface area contributed by atoms with Gasteiger partial charge in [0.15, 0.2) is 0 Å². The average molecular weight is 326 g/mol. The smallest absolute Gasteiger partial charge is 0.107 e. The zero-order chi connectivity index (χ0) is 13.1. The third kappa shape index (κ3) is 1.41. The van der Waals surface area contributed by atoms with Gasteiger partial charge in [-0.25, -0.2) is 0 Å². The maximum atomic E-state index is 6.82. The van der Waals surface area contributed by atoms with Crippen LogP contribution in [0.15, 0.2) is 22.2 Å². The van der Waals surface area contributed by atoms with E-state index in [1.807, 2.05) is 0 Å². The van der Waals surface area contributed by atoms with E-state index in [4.69, 9.17) is 46.4 Å². The maximum Gasteiger partial charge on any atom is 0.107 e. The van der Waals surface area contributed by atoms with Crippen LogP contribution in [0.25, 0.3) is 0 Å². The van der Waals surface area contributed by atoms with Crippen LogP contribution in [-0.4, -0.2) is 9.75 Å². The Morgan fingerprint density at radius 3 is 1.61 bits per heavy atom. The third-order valence-electron chi connectivity index (χ3n) is 5.00. The van der Waals surface area contributed by atoms with Gasteiger partial charge in [0.1, 0.15) is 9.75 Å². The van der Waals surface area contributed by atoms with Crippen LogP contribution in [-0.2, 0) is 0 Å². The highest BCUT2D eigenvalue weighted by Gasteiger charge is 2.70. The van der Waals surface area contributed by atoms with Crippen LogP contribution in [0.4, 0.5) is 0 Å². The fourth-order valence-corrected chi connectivity index (χ4v) is 6.02. The summed E-state index contributed by atoms with van der Waals surface area (Å²) in [6, 6.07) is 0. The Hall–Kier alpha value is 0.640. The van der Waals surface area contributed by atoms with E-state index < -0.39 is 9.75 Å². The molecule has 4 atom stereocenters. The van der Waals surface area contributed by atoms with Gasteiger partial charge >= 0.3 is 0 Å². The van der Waals surface area contributed by atoms with Gasteiger partial charge in [0.2, 0.25) is 0 Å². The van der Waals surface area contributed by atoms with E-state index in [1.165, 1.54) is 25.7 Å². The highest BCUT2D eigenvalue weighted by Crippen LogP contribution is 2.72. The normalized spacial score (nSPS) is 48.1. The predicted molar refractivity (Wildman–Crippen MR) is 79.7 cm³/mol. The molecular weight excluding hydrogens is 310 g/mol. The van der Waals surface area contributed by atoms with Gasteiger partial charge in [0.25, 0.3) is 0 Å². The Morgan fingerprint density at radius 2 is 1.22 bits per heavy atom. The summed E-state index contributed by atoms with van der Waals surface area (Å²) >= 11 is 26.4. The molecule has 0 spiro atoms. The molecule has 2 bridgehead atoms. The molecule has 3 aliphatic carbocycles. The van der Waals surface area contributed by atoms with E-state index in [1.54, 1.807) is 0 Å². The van der Waals surface area contributed by atoms with Crippen LogP contribution in [0.5, 0.6) is 0 Å². The molecular formula is C14H16Cl4. The Labute approximate surface area is 128 Å². The van der Waals surface area contributed by atoms with Crippen LogP contribution >= 0.6 is 46.4 Å². The Morgan fingerprint density at radius 1 is 0.833 bits per heavy atom. The van der Waals surface area contributed by atoms with Crippen LogP contribution in [0, 0.1) is 11.8 Å². The van der Waals surface area contributed by atoms with Crippen molar-refractivity contribution in [3.63, 3.8) is 0 Å². The number of allylic oxidation sites excluding steroid dienone is 3. The minimum atomic E-state index is -0.706. The number of rotatable bonds is 0. The molecule has 0 heterocycles. The molecule has 0 aromatic rings. The van der Waals surface area contributed by atoms with Crippen molar-refractivity contribution in [1.82, 2.24) is 0 Å². The molecule has 0 radical (unpaired) electrons. The second-order valence-electron chi connectivity index (χ2n) is 5.73. The van der Waals surface area contributed by atoms with E-state index in [2.05, 4.69) is 6.58 Å². The summed E-state index contributed by atoms with van der Waals surface area (Å²) in [6.45, 7) is 4.13. The topological polar surface area (TPSA) is 0 Å². The quantitative estimate of drug-likeness (QED) is 0.390. The van der Waals surface area contributed by atoms with E-state index in [-0.39, 0.29) is 0 Å². The van der Waals surface area contributed by atoms with Crippen molar-refractivity contribution >= 4 is 46.4 Å². The number of fused-ring (bicyclic) bond motifs is 5. The molecule has 0 amide bonds. The number of halogens is 4. The SMILES string of the molecule is C=C1[C@]2(Cl)C(Cl)=C(Cl)[C@@]1(Cl)[C@H]1CCCCCC[C@H]12. The zero-order valence-corrected chi connectivity index (χ0v) is 13.1. The molecule has 3 aliphatic rings. The van der Waals surface area contributed by atoms with Crippen molar-refractivity contribution in [2.24, 2.45) is 11.8 Å². The van der Waals surface area contributed by atoms with Gasteiger partial charge in [-0.05, 0) is 30.3 Å². The molecule has 0 unspecified atom stereocenters. The fraction of sp³-hybridized carbons (Fsp3) is 0.714. The Balaban J connectivity index is 2.12. The second kappa shape index (κ2) is 4.32. The van der Waals surface area contributed by atoms with Crippen LogP contribution < -0.4 is 0 Å². The maximum absolute atomic E-state index is 6.82. The van der Waals surface area contributed by atoms with Crippen LogP contribution in [0.2, 0.25) is 0 Å². The molecule has 0 saturated heterocycles. The molecule has 0 nitrogen and oxygen atoms in total. The van der Waals surface area contributed by atoms with Crippen LogP contribution in [0.1, 0.15) is 38.5 Å². The van der Waals surface area contributed by atoms with Crippen molar-refractivity contribution < 1.29 is 0 Å². The first-order valence-electron chi connectivity index (χ1n) is 6.59. The molecule has 2 saturated carbocycles. The minimum Gasteiger partial charge on any atom is -0.108 e. The molecule has 0 aromatic heterocycles. The van der Waals surface area contributed by atoms with E-state index >= 15 is 0 Å². The largest absolute Gasteiger partial charge is 0.108 e. The Kier molecular flexibility index (Phi) is 3.26. The van der Waals surface area contributed by atoms with Crippen molar-refractivity contribution in [2.75, 3.05) is 0 Å².